The van der Waals surface area contributed by atoms with Crippen LogP contribution in [0.15, 0.2) is 18.2 Å². The highest BCUT2D eigenvalue weighted by atomic mass is 35.5. The van der Waals surface area contributed by atoms with Crippen LogP contribution in [0.1, 0.15) is 5.56 Å². The van der Waals surface area contributed by atoms with E-state index in [0.717, 1.165) is 0 Å². The third kappa shape index (κ3) is 3.12. The van der Waals surface area contributed by atoms with Gasteiger partial charge < -0.3 is 16.2 Å². The lowest BCUT2D eigenvalue weighted by atomic mass is 10.2. The van der Waals surface area contributed by atoms with Crippen molar-refractivity contribution in [1.29, 1.82) is 5.26 Å². The van der Waals surface area contributed by atoms with Crippen LogP contribution in [0.2, 0.25) is 5.02 Å². The Hall–Kier alpha value is -1.77. The van der Waals surface area contributed by atoms with E-state index < -0.39 is 12.0 Å². The fourth-order valence-corrected chi connectivity index (χ4v) is 1.28. The number of carbonyl (C=O) groups excluding carboxylic acids is 1. The highest BCUT2D eigenvalue weighted by Crippen LogP contribution is 2.22. The molecule has 1 unspecified atom stereocenters. The van der Waals surface area contributed by atoms with Crippen LogP contribution in [0.4, 0.5) is 5.69 Å². The third-order valence-electron chi connectivity index (χ3n) is 1.91. The van der Waals surface area contributed by atoms with E-state index in [9.17, 15) is 4.79 Å². The molecule has 1 aromatic rings. The van der Waals surface area contributed by atoms with Crippen LogP contribution in [-0.2, 0) is 4.79 Å². The summed E-state index contributed by atoms with van der Waals surface area (Å²) in [5.41, 5.74) is 5.84. The molecular weight excluding hydrogens is 230 g/mol. The Balaban J connectivity index is 2.69. The zero-order valence-electron chi connectivity index (χ0n) is 8.27. The molecule has 5 nitrogen and oxygen atoms in total. The van der Waals surface area contributed by atoms with Gasteiger partial charge in [0.15, 0.2) is 0 Å². The number of amides is 1. The second-order valence-corrected chi connectivity index (χ2v) is 3.51. The number of anilines is 1. The standard InChI is InChI=1S/C10H10ClN3O2/c11-7-3-6(4-12)1-2-8(7)14-5-9(15)10(13)16/h1-3,9,14-15H,5H2,(H2,13,16). The lowest BCUT2D eigenvalue weighted by Crippen LogP contribution is -2.34. The van der Waals surface area contributed by atoms with E-state index >= 15 is 0 Å². The molecule has 0 heterocycles. The number of nitriles is 1. The van der Waals surface area contributed by atoms with Crippen molar-refractivity contribution in [2.24, 2.45) is 5.73 Å². The molecule has 0 aliphatic carbocycles. The first-order valence-electron chi connectivity index (χ1n) is 4.45. The number of hydrogen-bond acceptors (Lipinski definition) is 4. The SMILES string of the molecule is N#Cc1ccc(NCC(O)C(N)=O)c(Cl)c1. The van der Waals surface area contributed by atoms with Crippen molar-refractivity contribution < 1.29 is 9.90 Å². The van der Waals surface area contributed by atoms with Crippen LogP contribution in [0, 0.1) is 11.3 Å². The van der Waals surface area contributed by atoms with Gasteiger partial charge in [-0.1, -0.05) is 11.6 Å². The predicted molar refractivity (Wildman–Crippen MR) is 59.9 cm³/mol. The molecule has 0 fully saturated rings. The van der Waals surface area contributed by atoms with Gasteiger partial charge in [0.1, 0.15) is 6.10 Å². The average molecular weight is 240 g/mol. The summed E-state index contributed by atoms with van der Waals surface area (Å²) in [7, 11) is 0. The van der Waals surface area contributed by atoms with Gasteiger partial charge >= 0.3 is 0 Å². The minimum Gasteiger partial charge on any atom is -0.381 e. The Labute approximate surface area is 97.4 Å². The number of nitrogens with zero attached hydrogens (tertiary/aromatic N) is 1. The number of primary amides is 1. The molecule has 4 N–H and O–H groups in total. The summed E-state index contributed by atoms with van der Waals surface area (Å²) in [6.07, 6.45) is -1.27. The summed E-state index contributed by atoms with van der Waals surface area (Å²) in [4.78, 5) is 10.6. The molecule has 0 aliphatic rings. The second kappa shape index (κ2) is 5.35. The fourth-order valence-electron chi connectivity index (χ4n) is 1.04. The molecule has 1 atom stereocenters. The Bertz CT molecular complexity index is 442. The minimum absolute atomic E-state index is 0.0268. The molecule has 0 radical (unpaired) electrons. The monoisotopic (exact) mass is 239 g/mol. The molecule has 0 spiro atoms. The Morgan fingerprint density at radius 1 is 1.69 bits per heavy atom. The van der Waals surface area contributed by atoms with Gasteiger partial charge in [-0.25, -0.2) is 0 Å². The first-order valence-corrected chi connectivity index (χ1v) is 4.83. The highest BCUT2D eigenvalue weighted by Gasteiger charge is 2.10. The molecule has 0 aromatic heterocycles. The van der Waals surface area contributed by atoms with Crippen molar-refractivity contribution in [3.63, 3.8) is 0 Å². The molecule has 1 aromatic carbocycles. The zero-order chi connectivity index (χ0) is 12.1. The lowest BCUT2D eigenvalue weighted by Gasteiger charge is -2.10. The van der Waals surface area contributed by atoms with E-state index in [4.69, 9.17) is 27.7 Å². The van der Waals surface area contributed by atoms with Gasteiger partial charge in [0.2, 0.25) is 5.91 Å². The van der Waals surface area contributed by atoms with Gasteiger partial charge in [-0.15, -0.1) is 0 Å². The zero-order valence-corrected chi connectivity index (χ0v) is 9.03. The number of aliphatic hydroxyl groups is 1. The number of rotatable bonds is 4. The first-order chi connectivity index (χ1) is 7.54. The van der Waals surface area contributed by atoms with E-state index in [1.807, 2.05) is 6.07 Å². The van der Waals surface area contributed by atoms with E-state index in [1.54, 1.807) is 12.1 Å². The highest BCUT2D eigenvalue weighted by molar-refractivity contribution is 6.33. The Morgan fingerprint density at radius 2 is 2.38 bits per heavy atom. The van der Waals surface area contributed by atoms with Crippen LogP contribution < -0.4 is 11.1 Å². The van der Waals surface area contributed by atoms with Crippen LogP contribution in [0.25, 0.3) is 0 Å². The topological polar surface area (TPSA) is 99.1 Å². The van der Waals surface area contributed by atoms with Crippen LogP contribution in [0.5, 0.6) is 0 Å². The predicted octanol–water partition coefficient (Wildman–Crippen LogP) is 0.470. The number of benzene rings is 1. The van der Waals surface area contributed by atoms with Crippen LogP contribution in [-0.4, -0.2) is 23.7 Å². The van der Waals surface area contributed by atoms with E-state index in [0.29, 0.717) is 16.3 Å². The first kappa shape index (κ1) is 12.3. The molecule has 1 amide bonds. The lowest BCUT2D eigenvalue weighted by molar-refractivity contribution is -0.125. The van der Waals surface area contributed by atoms with Crippen LogP contribution >= 0.6 is 11.6 Å². The normalized spacial score (nSPS) is 11.6. The summed E-state index contributed by atoms with van der Waals surface area (Å²) in [6.45, 7) is -0.0268. The van der Waals surface area contributed by atoms with E-state index in [-0.39, 0.29) is 6.54 Å². The molecule has 0 saturated heterocycles. The summed E-state index contributed by atoms with van der Waals surface area (Å²) < 4.78 is 0. The van der Waals surface area contributed by atoms with Crippen molar-refractivity contribution in [3.05, 3.63) is 28.8 Å². The fraction of sp³-hybridized carbons (Fsp3) is 0.200. The smallest absolute Gasteiger partial charge is 0.248 e. The van der Waals surface area contributed by atoms with Crippen molar-refractivity contribution in [1.82, 2.24) is 0 Å². The third-order valence-corrected chi connectivity index (χ3v) is 2.23. The van der Waals surface area contributed by atoms with Gasteiger partial charge in [-0.2, -0.15) is 5.26 Å². The molecule has 84 valence electrons. The molecule has 16 heavy (non-hydrogen) atoms. The quantitative estimate of drug-likeness (QED) is 0.711. The summed E-state index contributed by atoms with van der Waals surface area (Å²) in [5.74, 6) is -0.808. The largest absolute Gasteiger partial charge is 0.381 e. The molecule has 0 aliphatic heterocycles. The summed E-state index contributed by atoms with van der Waals surface area (Å²) in [6, 6.07) is 6.60. The van der Waals surface area contributed by atoms with Crippen molar-refractivity contribution in [2.75, 3.05) is 11.9 Å². The molecule has 0 bridgehead atoms. The Morgan fingerprint density at radius 3 is 2.88 bits per heavy atom. The van der Waals surface area contributed by atoms with Crippen molar-refractivity contribution in [3.8, 4) is 6.07 Å². The molecular formula is C10H10ClN3O2. The summed E-state index contributed by atoms with van der Waals surface area (Å²) in [5, 5.41) is 20.9. The van der Waals surface area contributed by atoms with Gasteiger partial charge in [0.05, 0.1) is 22.3 Å². The molecule has 0 saturated carbocycles. The average Bonchev–Trinajstić information content (AvgIpc) is 2.26. The minimum atomic E-state index is -1.27. The second-order valence-electron chi connectivity index (χ2n) is 3.11. The van der Waals surface area contributed by atoms with Crippen molar-refractivity contribution in [2.45, 2.75) is 6.10 Å². The van der Waals surface area contributed by atoms with Crippen molar-refractivity contribution >= 4 is 23.2 Å². The number of hydrogen-bond donors (Lipinski definition) is 3. The maximum atomic E-state index is 10.6. The summed E-state index contributed by atoms with van der Waals surface area (Å²) >= 11 is 5.86. The van der Waals surface area contributed by atoms with E-state index in [1.165, 1.54) is 6.07 Å². The van der Waals surface area contributed by atoms with Gasteiger partial charge in [0.25, 0.3) is 0 Å². The number of carbonyl (C=O) groups is 1. The maximum absolute atomic E-state index is 10.6. The number of halogens is 1. The maximum Gasteiger partial charge on any atom is 0.248 e. The number of nitrogens with one attached hydrogen (secondary N) is 1. The molecule has 6 heteroatoms. The van der Waals surface area contributed by atoms with E-state index in [2.05, 4.69) is 5.32 Å². The number of nitrogens with two attached hydrogens (primary N) is 1. The van der Waals surface area contributed by atoms with Gasteiger partial charge in [-0.05, 0) is 18.2 Å². The van der Waals surface area contributed by atoms with Crippen LogP contribution in [0.3, 0.4) is 0 Å². The van der Waals surface area contributed by atoms with Gasteiger partial charge in [0, 0.05) is 6.54 Å². The molecule has 1 rings (SSSR count). The van der Waals surface area contributed by atoms with Gasteiger partial charge in [-0.3, -0.25) is 4.79 Å². The number of aliphatic hydroxyl groups excluding tert-OH is 1. The Kier molecular flexibility index (Phi) is 4.11.